The van der Waals surface area contributed by atoms with Crippen LogP contribution in [0.5, 0.6) is 0 Å². The van der Waals surface area contributed by atoms with Crippen LogP contribution in [0.1, 0.15) is 12.6 Å². The quantitative estimate of drug-likeness (QED) is 0.877. The summed E-state index contributed by atoms with van der Waals surface area (Å²) in [5, 5.41) is 4.07. The lowest BCUT2D eigenvalue weighted by Crippen LogP contribution is -2.06. The van der Waals surface area contributed by atoms with Crippen molar-refractivity contribution < 1.29 is 0 Å². The molecule has 2 aromatic rings. The molecule has 1 aromatic carbocycles. The normalized spacial score (nSPS) is 10.5. The van der Waals surface area contributed by atoms with Crippen LogP contribution in [0.3, 0.4) is 0 Å². The lowest BCUT2D eigenvalue weighted by Gasteiger charge is -2.10. The van der Waals surface area contributed by atoms with E-state index in [0.29, 0.717) is 0 Å². The molecule has 0 atom stereocenters. The van der Waals surface area contributed by atoms with Crippen molar-refractivity contribution in [3.05, 3.63) is 51.7 Å². The number of benzene rings is 1. The molecule has 90 valence electrons. The first kappa shape index (κ1) is 12.5. The Morgan fingerprint density at radius 1 is 1.35 bits per heavy atom. The molecule has 0 saturated heterocycles. The molecule has 0 fully saturated rings. The van der Waals surface area contributed by atoms with E-state index in [2.05, 4.69) is 51.1 Å². The van der Waals surface area contributed by atoms with Crippen molar-refractivity contribution in [2.75, 3.05) is 5.32 Å². The molecule has 0 aliphatic carbocycles. The molecule has 1 aromatic heterocycles. The minimum Gasteiger partial charge on any atom is -0.378 e. The highest BCUT2D eigenvalue weighted by Crippen LogP contribution is 2.26. The van der Waals surface area contributed by atoms with E-state index in [1.165, 1.54) is 5.69 Å². The summed E-state index contributed by atoms with van der Waals surface area (Å²) in [5.74, 6) is 0. The standard InChI is InChI=1S/C13H14BrClN2/c1-2-17-7-3-4-11(17)9-16-13-6-5-10(14)8-12(13)15/h3-8,16H,2,9H2,1H3. The van der Waals surface area contributed by atoms with Gasteiger partial charge in [-0.3, -0.25) is 0 Å². The number of hydrogen-bond donors (Lipinski definition) is 1. The van der Waals surface area contributed by atoms with Gasteiger partial charge < -0.3 is 9.88 Å². The summed E-state index contributed by atoms with van der Waals surface area (Å²) in [5.41, 5.74) is 2.21. The van der Waals surface area contributed by atoms with Gasteiger partial charge in [0, 0.05) is 22.9 Å². The van der Waals surface area contributed by atoms with E-state index >= 15 is 0 Å². The van der Waals surface area contributed by atoms with Crippen LogP contribution < -0.4 is 5.32 Å². The van der Waals surface area contributed by atoms with Gasteiger partial charge in [-0.2, -0.15) is 0 Å². The predicted molar refractivity (Wildman–Crippen MR) is 76.6 cm³/mol. The topological polar surface area (TPSA) is 17.0 Å². The summed E-state index contributed by atoms with van der Waals surface area (Å²) >= 11 is 9.54. The molecular weight excluding hydrogens is 300 g/mol. The molecule has 0 radical (unpaired) electrons. The summed E-state index contributed by atoms with van der Waals surface area (Å²) in [6.45, 7) is 3.90. The van der Waals surface area contributed by atoms with E-state index in [0.717, 1.165) is 28.3 Å². The molecule has 0 bridgehead atoms. The number of aromatic nitrogens is 1. The van der Waals surface area contributed by atoms with Gasteiger partial charge in [0.05, 0.1) is 17.3 Å². The summed E-state index contributed by atoms with van der Waals surface area (Å²) in [6, 6.07) is 10.0. The SMILES string of the molecule is CCn1cccc1CNc1ccc(Br)cc1Cl. The molecule has 2 nitrogen and oxygen atoms in total. The van der Waals surface area contributed by atoms with E-state index in [1.54, 1.807) is 0 Å². The number of rotatable bonds is 4. The van der Waals surface area contributed by atoms with Crippen LogP contribution in [0.15, 0.2) is 41.0 Å². The van der Waals surface area contributed by atoms with E-state index in [-0.39, 0.29) is 0 Å². The first-order chi connectivity index (χ1) is 8.20. The summed E-state index contributed by atoms with van der Waals surface area (Å²) in [6.07, 6.45) is 2.08. The lowest BCUT2D eigenvalue weighted by molar-refractivity contribution is 0.724. The maximum atomic E-state index is 6.14. The van der Waals surface area contributed by atoms with Crippen molar-refractivity contribution in [3.63, 3.8) is 0 Å². The highest BCUT2D eigenvalue weighted by molar-refractivity contribution is 9.10. The average Bonchev–Trinajstić information content (AvgIpc) is 2.75. The van der Waals surface area contributed by atoms with Crippen LogP contribution in [0.2, 0.25) is 5.02 Å². The summed E-state index contributed by atoms with van der Waals surface area (Å²) in [7, 11) is 0. The van der Waals surface area contributed by atoms with Gasteiger partial charge in [0.25, 0.3) is 0 Å². The minimum absolute atomic E-state index is 0.731. The average molecular weight is 314 g/mol. The zero-order chi connectivity index (χ0) is 12.3. The molecule has 4 heteroatoms. The second kappa shape index (κ2) is 5.61. The molecule has 17 heavy (non-hydrogen) atoms. The Bertz CT molecular complexity index is 508. The third-order valence-electron chi connectivity index (χ3n) is 2.66. The number of anilines is 1. The van der Waals surface area contributed by atoms with Gasteiger partial charge in [0.1, 0.15) is 0 Å². The molecule has 0 aliphatic rings. The van der Waals surface area contributed by atoms with Crippen molar-refractivity contribution in [3.8, 4) is 0 Å². The maximum absolute atomic E-state index is 6.14. The first-order valence-electron chi connectivity index (χ1n) is 5.53. The summed E-state index contributed by atoms with van der Waals surface area (Å²) in [4.78, 5) is 0. The Morgan fingerprint density at radius 3 is 2.88 bits per heavy atom. The second-order valence-corrected chi connectivity index (χ2v) is 5.09. The third kappa shape index (κ3) is 3.05. The van der Waals surface area contributed by atoms with Gasteiger partial charge in [-0.25, -0.2) is 0 Å². The number of nitrogens with zero attached hydrogens (tertiary/aromatic N) is 1. The number of nitrogens with one attached hydrogen (secondary N) is 1. The molecular formula is C13H14BrClN2. The van der Waals surface area contributed by atoms with E-state index < -0.39 is 0 Å². The number of aryl methyl sites for hydroxylation is 1. The predicted octanol–water partition coefficient (Wildman–Crippen LogP) is 4.54. The lowest BCUT2D eigenvalue weighted by atomic mass is 10.3. The molecule has 0 spiro atoms. The molecule has 0 saturated carbocycles. The molecule has 0 unspecified atom stereocenters. The fourth-order valence-corrected chi connectivity index (χ4v) is 2.48. The fraction of sp³-hybridized carbons (Fsp3) is 0.231. The van der Waals surface area contributed by atoms with Gasteiger partial charge in [-0.1, -0.05) is 27.5 Å². The molecule has 0 aliphatic heterocycles. The van der Waals surface area contributed by atoms with Crippen molar-refractivity contribution in [1.29, 1.82) is 0 Å². The monoisotopic (exact) mass is 312 g/mol. The van der Waals surface area contributed by atoms with Gasteiger partial charge in [-0.15, -0.1) is 0 Å². The second-order valence-electron chi connectivity index (χ2n) is 3.76. The Morgan fingerprint density at radius 2 is 2.18 bits per heavy atom. The minimum atomic E-state index is 0.731. The maximum Gasteiger partial charge on any atom is 0.0648 e. The Kier molecular flexibility index (Phi) is 4.13. The molecule has 0 amide bonds. The fourth-order valence-electron chi connectivity index (χ4n) is 1.74. The van der Waals surface area contributed by atoms with E-state index in [1.807, 2.05) is 18.2 Å². The molecule has 1 heterocycles. The first-order valence-corrected chi connectivity index (χ1v) is 6.70. The van der Waals surface area contributed by atoms with E-state index in [9.17, 15) is 0 Å². The summed E-state index contributed by atoms with van der Waals surface area (Å²) < 4.78 is 3.20. The number of halogens is 2. The van der Waals surface area contributed by atoms with E-state index in [4.69, 9.17) is 11.6 Å². The largest absolute Gasteiger partial charge is 0.378 e. The zero-order valence-corrected chi connectivity index (χ0v) is 11.9. The Hall–Kier alpha value is -0.930. The highest BCUT2D eigenvalue weighted by Gasteiger charge is 2.02. The van der Waals surface area contributed by atoms with Crippen molar-refractivity contribution >= 4 is 33.2 Å². The van der Waals surface area contributed by atoms with Crippen LogP contribution >= 0.6 is 27.5 Å². The number of hydrogen-bond acceptors (Lipinski definition) is 1. The Balaban J connectivity index is 2.07. The van der Waals surface area contributed by atoms with Crippen LogP contribution in [-0.4, -0.2) is 4.57 Å². The zero-order valence-electron chi connectivity index (χ0n) is 9.58. The van der Waals surface area contributed by atoms with Crippen LogP contribution in [-0.2, 0) is 13.1 Å². The molecule has 1 N–H and O–H groups in total. The van der Waals surface area contributed by atoms with Crippen molar-refractivity contribution in [2.24, 2.45) is 0 Å². The highest BCUT2D eigenvalue weighted by atomic mass is 79.9. The van der Waals surface area contributed by atoms with Crippen molar-refractivity contribution in [1.82, 2.24) is 4.57 Å². The van der Waals surface area contributed by atoms with Crippen LogP contribution in [0.4, 0.5) is 5.69 Å². The van der Waals surface area contributed by atoms with Crippen molar-refractivity contribution in [2.45, 2.75) is 20.0 Å². The van der Waals surface area contributed by atoms with Crippen LogP contribution in [0, 0.1) is 0 Å². The smallest absolute Gasteiger partial charge is 0.0648 e. The van der Waals surface area contributed by atoms with Gasteiger partial charge in [0.2, 0.25) is 0 Å². The van der Waals surface area contributed by atoms with Crippen LogP contribution in [0.25, 0.3) is 0 Å². The van der Waals surface area contributed by atoms with Gasteiger partial charge in [-0.05, 0) is 37.3 Å². The molecule has 2 rings (SSSR count). The Labute approximate surface area is 115 Å². The van der Waals surface area contributed by atoms with Gasteiger partial charge >= 0.3 is 0 Å². The third-order valence-corrected chi connectivity index (χ3v) is 3.46. The van der Waals surface area contributed by atoms with Gasteiger partial charge in [0.15, 0.2) is 0 Å².